The van der Waals surface area contributed by atoms with E-state index in [-0.39, 0.29) is 29.8 Å². The van der Waals surface area contributed by atoms with Crippen molar-refractivity contribution in [2.75, 3.05) is 5.32 Å². The third kappa shape index (κ3) is 3.73. The molecule has 1 spiro atoms. The largest absolute Gasteiger partial charge is 0.359 e. The summed E-state index contributed by atoms with van der Waals surface area (Å²) in [6, 6.07) is 6.10. The van der Waals surface area contributed by atoms with Crippen LogP contribution in [0.4, 0.5) is 5.69 Å². The van der Waals surface area contributed by atoms with Crippen LogP contribution in [0.1, 0.15) is 52.4 Å². The molecule has 1 aromatic rings. The van der Waals surface area contributed by atoms with Gasteiger partial charge in [0, 0.05) is 22.8 Å². The minimum Gasteiger partial charge on any atom is -0.359 e. The molecule has 1 aliphatic carbocycles. The van der Waals surface area contributed by atoms with Gasteiger partial charge in [-0.15, -0.1) is 0 Å². The van der Waals surface area contributed by atoms with Crippen molar-refractivity contribution in [3.8, 4) is 0 Å². The minimum absolute atomic E-state index is 0.120. The van der Waals surface area contributed by atoms with Crippen molar-refractivity contribution < 1.29 is 19.1 Å². The van der Waals surface area contributed by atoms with Gasteiger partial charge in [0.15, 0.2) is 0 Å². The molecule has 0 radical (unpaired) electrons. The SMILES string of the molecule is CC[C@H](C)N1C(=O)[C@H]2[C@@H](C(=O)Nc3cccc(Cl)c3)[C@H]3C=C[C@@]2(O3)[C@H]1C(=O)NC1CCCCC1. The summed E-state index contributed by atoms with van der Waals surface area (Å²) in [7, 11) is 0. The van der Waals surface area contributed by atoms with E-state index in [1.54, 1.807) is 29.2 Å². The van der Waals surface area contributed by atoms with Crippen LogP contribution in [0.2, 0.25) is 5.02 Å². The molecule has 8 heteroatoms. The van der Waals surface area contributed by atoms with Gasteiger partial charge in [-0.1, -0.05) is 56.0 Å². The molecule has 3 aliphatic heterocycles. The minimum atomic E-state index is -1.12. The van der Waals surface area contributed by atoms with Crippen LogP contribution in [-0.2, 0) is 19.1 Å². The number of rotatable bonds is 6. The van der Waals surface area contributed by atoms with E-state index in [1.165, 1.54) is 6.42 Å². The van der Waals surface area contributed by atoms with Crippen LogP contribution in [0.5, 0.6) is 0 Å². The van der Waals surface area contributed by atoms with E-state index in [0.717, 1.165) is 25.7 Å². The Morgan fingerprint density at radius 1 is 1.24 bits per heavy atom. The van der Waals surface area contributed by atoms with E-state index in [2.05, 4.69) is 10.6 Å². The lowest BCUT2D eigenvalue weighted by molar-refractivity contribution is -0.143. The van der Waals surface area contributed by atoms with E-state index < -0.39 is 29.6 Å². The average Bonchev–Trinajstić information content (AvgIpc) is 3.46. The first-order chi connectivity index (χ1) is 16.4. The highest BCUT2D eigenvalue weighted by Crippen LogP contribution is 2.55. The first kappa shape index (κ1) is 23.4. The molecule has 3 fully saturated rings. The van der Waals surface area contributed by atoms with Gasteiger partial charge in [0.1, 0.15) is 11.6 Å². The number of carbonyl (C=O) groups is 3. The van der Waals surface area contributed by atoms with Gasteiger partial charge in [-0.05, 0) is 44.4 Å². The molecule has 1 aromatic carbocycles. The van der Waals surface area contributed by atoms with E-state index >= 15 is 0 Å². The third-order valence-electron chi connectivity index (χ3n) is 7.97. The number of halogens is 1. The van der Waals surface area contributed by atoms with Gasteiger partial charge in [0.25, 0.3) is 0 Å². The first-order valence-electron chi connectivity index (χ1n) is 12.4. The number of fused-ring (bicyclic) bond motifs is 1. The van der Waals surface area contributed by atoms with E-state index in [4.69, 9.17) is 16.3 Å². The maximum absolute atomic E-state index is 13.8. The smallest absolute Gasteiger partial charge is 0.246 e. The Bertz CT molecular complexity index is 1020. The number of carbonyl (C=O) groups excluding carboxylic acids is 3. The molecule has 3 heterocycles. The number of nitrogens with zero attached hydrogens (tertiary/aromatic N) is 1. The molecular weight excluding hydrogens is 454 g/mol. The van der Waals surface area contributed by atoms with Gasteiger partial charge in [0.2, 0.25) is 17.7 Å². The van der Waals surface area contributed by atoms with Crippen molar-refractivity contribution in [1.29, 1.82) is 0 Å². The number of ether oxygens (including phenoxy) is 1. The van der Waals surface area contributed by atoms with E-state index in [1.807, 2.05) is 26.0 Å². The highest BCUT2D eigenvalue weighted by molar-refractivity contribution is 6.30. The molecule has 3 amide bonds. The molecule has 34 heavy (non-hydrogen) atoms. The van der Waals surface area contributed by atoms with Gasteiger partial charge < -0.3 is 20.3 Å². The van der Waals surface area contributed by atoms with Gasteiger partial charge >= 0.3 is 0 Å². The van der Waals surface area contributed by atoms with Crippen molar-refractivity contribution in [3.05, 3.63) is 41.4 Å². The number of amides is 3. The Balaban J connectivity index is 1.45. The predicted octanol–water partition coefficient (Wildman–Crippen LogP) is 3.68. The molecule has 5 rings (SSSR count). The molecule has 6 atom stereocenters. The van der Waals surface area contributed by atoms with Crippen LogP contribution < -0.4 is 10.6 Å². The summed E-state index contributed by atoms with van der Waals surface area (Å²) < 4.78 is 6.38. The number of hydrogen-bond donors (Lipinski definition) is 2. The Hall–Kier alpha value is -2.38. The molecule has 0 aromatic heterocycles. The Kier molecular flexibility index (Phi) is 6.19. The zero-order valence-corrected chi connectivity index (χ0v) is 20.4. The first-order valence-corrected chi connectivity index (χ1v) is 12.8. The van der Waals surface area contributed by atoms with Crippen LogP contribution in [0, 0.1) is 11.8 Å². The number of hydrogen-bond acceptors (Lipinski definition) is 4. The normalized spacial score (nSPS) is 33.1. The summed E-state index contributed by atoms with van der Waals surface area (Å²) >= 11 is 6.07. The third-order valence-corrected chi connectivity index (χ3v) is 8.21. The molecule has 2 bridgehead atoms. The van der Waals surface area contributed by atoms with Crippen molar-refractivity contribution in [2.24, 2.45) is 11.8 Å². The molecule has 182 valence electrons. The molecular formula is C26H32ClN3O4. The number of likely N-dealkylation sites (tertiary alicyclic amines) is 1. The topological polar surface area (TPSA) is 87.7 Å². The highest BCUT2D eigenvalue weighted by Gasteiger charge is 2.73. The lowest BCUT2D eigenvalue weighted by Gasteiger charge is -2.36. The fourth-order valence-corrected chi connectivity index (χ4v) is 6.39. The van der Waals surface area contributed by atoms with Crippen molar-refractivity contribution in [3.63, 3.8) is 0 Å². The predicted molar refractivity (Wildman–Crippen MR) is 129 cm³/mol. The number of anilines is 1. The lowest BCUT2D eigenvalue weighted by Crippen LogP contribution is -2.58. The molecule has 2 N–H and O–H groups in total. The number of benzene rings is 1. The molecule has 2 saturated heterocycles. The van der Waals surface area contributed by atoms with Crippen LogP contribution >= 0.6 is 11.6 Å². The maximum atomic E-state index is 13.8. The van der Waals surface area contributed by atoms with Gasteiger partial charge in [-0.3, -0.25) is 14.4 Å². The summed E-state index contributed by atoms with van der Waals surface area (Å²) in [6.07, 6.45) is 9.15. The fraction of sp³-hybridized carbons (Fsp3) is 0.577. The second-order valence-corrected chi connectivity index (χ2v) is 10.5. The van der Waals surface area contributed by atoms with Crippen molar-refractivity contribution in [1.82, 2.24) is 10.2 Å². The summed E-state index contributed by atoms with van der Waals surface area (Å²) in [5.74, 6) is -2.11. The average molecular weight is 486 g/mol. The monoisotopic (exact) mass is 485 g/mol. The highest BCUT2D eigenvalue weighted by atomic mass is 35.5. The zero-order chi connectivity index (χ0) is 24.0. The van der Waals surface area contributed by atoms with Gasteiger partial charge in [-0.25, -0.2) is 0 Å². The van der Waals surface area contributed by atoms with Crippen molar-refractivity contribution >= 4 is 35.0 Å². The fourth-order valence-electron chi connectivity index (χ4n) is 6.20. The van der Waals surface area contributed by atoms with Crippen LogP contribution in [-0.4, -0.2) is 52.5 Å². The van der Waals surface area contributed by atoms with E-state index in [9.17, 15) is 14.4 Å². The molecule has 4 aliphatic rings. The second-order valence-electron chi connectivity index (χ2n) is 10.0. The van der Waals surface area contributed by atoms with Gasteiger partial charge in [0.05, 0.1) is 17.9 Å². The summed E-state index contributed by atoms with van der Waals surface area (Å²) in [5.41, 5.74) is -0.561. The van der Waals surface area contributed by atoms with E-state index in [0.29, 0.717) is 17.1 Å². The number of nitrogens with one attached hydrogen (secondary N) is 2. The molecule has 7 nitrogen and oxygen atoms in total. The lowest BCUT2D eigenvalue weighted by atomic mass is 9.74. The van der Waals surface area contributed by atoms with Crippen molar-refractivity contribution in [2.45, 2.75) is 82.2 Å². The van der Waals surface area contributed by atoms with Crippen LogP contribution in [0.3, 0.4) is 0 Å². The second kappa shape index (κ2) is 9.00. The summed E-state index contributed by atoms with van der Waals surface area (Å²) in [4.78, 5) is 42.6. The van der Waals surface area contributed by atoms with Gasteiger partial charge in [-0.2, -0.15) is 0 Å². The Morgan fingerprint density at radius 3 is 2.71 bits per heavy atom. The Labute approximate surface area is 205 Å². The zero-order valence-electron chi connectivity index (χ0n) is 19.6. The summed E-state index contributed by atoms with van der Waals surface area (Å²) in [6.45, 7) is 3.95. The standard InChI is InChI=1S/C26H32ClN3O4/c1-3-15(2)30-22(24(32)28-17-9-5-4-6-10-17)26-13-12-19(34-26)20(21(26)25(30)33)23(31)29-18-11-7-8-16(27)14-18/h7-8,11-15,17,19-22H,3-6,9-10H2,1-2H3,(H,28,32)(H,29,31)/t15-,19+,20-,21+,22+,26-/m0/s1. The molecule has 1 saturated carbocycles. The van der Waals surface area contributed by atoms with Crippen LogP contribution in [0.25, 0.3) is 0 Å². The maximum Gasteiger partial charge on any atom is 0.246 e. The Morgan fingerprint density at radius 2 is 2.00 bits per heavy atom. The quantitative estimate of drug-likeness (QED) is 0.602. The summed E-state index contributed by atoms with van der Waals surface area (Å²) in [5, 5.41) is 6.62. The molecule has 0 unspecified atom stereocenters. The van der Waals surface area contributed by atoms with Crippen LogP contribution in [0.15, 0.2) is 36.4 Å².